The Hall–Kier alpha value is -2.28. The number of hydrogen-bond acceptors (Lipinski definition) is 3. The monoisotopic (exact) mass is 353 g/mol. The van der Waals surface area contributed by atoms with Gasteiger partial charge in [-0.05, 0) is 24.6 Å². The van der Waals surface area contributed by atoms with E-state index in [1.54, 1.807) is 34.1 Å². The van der Waals surface area contributed by atoms with Crippen LogP contribution in [0.4, 0.5) is 10.5 Å². The third-order valence-electron chi connectivity index (χ3n) is 3.76. The summed E-state index contributed by atoms with van der Waals surface area (Å²) >= 11 is 5.90. The SMILES string of the molecule is O=C(O)CCC(=O)N1CCCN(C(=O)Nc2cccc(Cl)c2)CC1. The van der Waals surface area contributed by atoms with E-state index in [4.69, 9.17) is 16.7 Å². The summed E-state index contributed by atoms with van der Waals surface area (Å²) in [5, 5.41) is 12.0. The van der Waals surface area contributed by atoms with Gasteiger partial charge >= 0.3 is 12.0 Å². The summed E-state index contributed by atoms with van der Waals surface area (Å²) in [6.07, 6.45) is 0.472. The molecule has 0 saturated carbocycles. The topological polar surface area (TPSA) is 90.0 Å². The van der Waals surface area contributed by atoms with Gasteiger partial charge in [-0.2, -0.15) is 0 Å². The molecular weight excluding hydrogens is 334 g/mol. The van der Waals surface area contributed by atoms with Crippen molar-refractivity contribution in [3.05, 3.63) is 29.3 Å². The zero-order valence-corrected chi connectivity index (χ0v) is 14.0. The molecule has 1 aromatic rings. The molecule has 1 aliphatic heterocycles. The van der Waals surface area contributed by atoms with E-state index in [0.717, 1.165) is 0 Å². The number of carbonyl (C=O) groups excluding carboxylic acids is 2. The summed E-state index contributed by atoms with van der Waals surface area (Å²) in [4.78, 5) is 38.1. The molecule has 2 N–H and O–H groups in total. The molecule has 0 bridgehead atoms. The number of carboxylic acid groups (broad SMARTS) is 1. The van der Waals surface area contributed by atoms with Gasteiger partial charge in [0.1, 0.15) is 0 Å². The van der Waals surface area contributed by atoms with Crippen molar-refractivity contribution in [3.63, 3.8) is 0 Å². The lowest BCUT2D eigenvalue weighted by Crippen LogP contribution is -2.39. The average molecular weight is 354 g/mol. The number of urea groups is 1. The van der Waals surface area contributed by atoms with Crippen molar-refractivity contribution >= 4 is 35.2 Å². The van der Waals surface area contributed by atoms with Gasteiger partial charge in [-0.3, -0.25) is 9.59 Å². The highest BCUT2D eigenvalue weighted by atomic mass is 35.5. The van der Waals surface area contributed by atoms with E-state index in [1.165, 1.54) is 0 Å². The van der Waals surface area contributed by atoms with Crippen molar-refractivity contribution in [3.8, 4) is 0 Å². The molecule has 1 aromatic carbocycles. The Bertz CT molecular complexity index is 623. The Labute approximate surface area is 145 Å². The maximum Gasteiger partial charge on any atom is 0.321 e. The molecule has 0 aromatic heterocycles. The molecular formula is C16H20ClN3O4. The lowest BCUT2D eigenvalue weighted by Gasteiger charge is -2.22. The van der Waals surface area contributed by atoms with E-state index in [1.807, 2.05) is 0 Å². The second kappa shape index (κ2) is 8.54. The Morgan fingerprint density at radius 1 is 1.08 bits per heavy atom. The molecule has 1 fully saturated rings. The highest BCUT2D eigenvalue weighted by Gasteiger charge is 2.22. The fourth-order valence-corrected chi connectivity index (χ4v) is 2.70. The van der Waals surface area contributed by atoms with Crippen molar-refractivity contribution in [2.24, 2.45) is 0 Å². The van der Waals surface area contributed by atoms with Crippen LogP contribution in [0, 0.1) is 0 Å². The van der Waals surface area contributed by atoms with Gasteiger partial charge in [0.2, 0.25) is 5.91 Å². The minimum absolute atomic E-state index is 0.00988. The van der Waals surface area contributed by atoms with Crippen LogP contribution >= 0.6 is 11.6 Å². The van der Waals surface area contributed by atoms with E-state index in [0.29, 0.717) is 43.3 Å². The van der Waals surface area contributed by atoms with Gasteiger partial charge < -0.3 is 20.2 Å². The summed E-state index contributed by atoms with van der Waals surface area (Å²) in [7, 11) is 0. The van der Waals surface area contributed by atoms with Crippen molar-refractivity contribution < 1.29 is 19.5 Å². The van der Waals surface area contributed by atoms with Gasteiger partial charge in [-0.25, -0.2) is 4.79 Å². The van der Waals surface area contributed by atoms with Crippen LogP contribution in [0.2, 0.25) is 5.02 Å². The van der Waals surface area contributed by atoms with E-state index in [2.05, 4.69) is 5.32 Å². The van der Waals surface area contributed by atoms with Crippen LogP contribution in [0.1, 0.15) is 19.3 Å². The third kappa shape index (κ3) is 5.42. The number of nitrogens with zero attached hydrogens (tertiary/aromatic N) is 2. The molecule has 1 saturated heterocycles. The largest absolute Gasteiger partial charge is 0.481 e. The van der Waals surface area contributed by atoms with E-state index in [9.17, 15) is 14.4 Å². The van der Waals surface area contributed by atoms with Crippen LogP contribution in [0.15, 0.2) is 24.3 Å². The quantitative estimate of drug-likeness (QED) is 0.868. The number of aliphatic carboxylic acids is 1. The molecule has 0 unspecified atom stereocenters. The molecule has 0 radical (unpaired) electrons. The molecule has 8 heteroatoms. The van der Waals surface area contributed by atoms with Crippen LogP contribution in [0.3, 0.4) is 0 Å². The molecule has 3 amide bonds. The van der Waals surface area contributed by atoms with Gasteiger partial charge in [0.15, 0.2) is 0 Å². The number of hydrogen-bond donors (Lipinski definition) is 2. The van der Waals surface area contributed by atoms with E-state index >= 15 is 0 Å². The van der Waals surface area contributed by atoms with Crippen LogP contribution in [0.25, 0.3) is 0 Å². The molecule has 0 atom stereocenters. The number of nitrogens with one attached hydrogen (secondary N) is 1. The fourth-order valence-electron chi connectivity index (χ4n) is 2.51. The maximum atomic E-state index is 12.3. The first-order valence-electron chi connectivity index (χ1n) is 7.77. The van der Waals surface area contributed by atoms with Crippen molar-refractivity contribution in [1.29, 1.82) is 0 Å². The number of anilines is 1. The van der Waals surface area contributed by atoms with Crippen molar-refractivity contribution in [1.82, 2.24) is 9.80 Å². The van der Waals surface area contributed by atoms with Gasteiger partial charge in [-0.1, -0.05) is 17.7 Å². The summed E-state index contributed by atoms with van der Waals surface area (Å²) in [6, 6.07) is 6.66. The summed E-state index contributed by atoms with van der Waals surface area (Å²) in [5.74, 6) is -1.17. The van der Waals surface area contributed by atoms with Gasteiger partial charge in [0.05, 0.1) is 6.42 Å². The lowest BCUT2D eigenvalue weighted by atomic mass is 10.2. The van der Waals surface area contributed by atoms with Crippen molar-refractivity contribution in [2.75, 3.05) is 31.5 Å². The predicted octanol–water partition coefficient (Wildman–Crippen LogP) is 2.27. The molecule has 2 rings (SSSR count). The molecule has 7 nitrogen and oxygen atoms in total. The van der Waals surface area contributed by atoms with Crippen LogP contribution in [-0.4, -0.2) is 59.0 Å². The van der Waals surface area contributed by atoms with Gasteiger partial charge in [0.25, 0.3) is 0 Å². The molecule has 1 aliphatic rings. The number of amides is 3. The highest BCUT2D eigenvalue weighted by molar-refractivity contribution is 6.30. The average Bonchev–Trinajstić information content (AvgIpc) is 2.78. The first kappa shape index (κ1) is 18.1. The molecule has 130 valence electrons. The van der Waals surface area contributed by atoms with E-state index in [-0.39, 0.29) is 24.8 Å². The second-order valence-electron chi connectivity index (χ2n) is 5.56. The Morgan fingerprint density at radius 3 is 2.50 bits per heavy atom. The predicted molar refractivity (Wildman–Crippen MR) is 90.1 cm³/mol. The standard InChI is InChI=1S/C16H20ClN3O4/c17-12-3-1-4-13(11-12)18-16(24)20-8-2-7-19(9-10-20)14(21)5-6-15(22)23/h1,3-4,11H,2,5-10H2,(H,18,24)(H,22,23). The fraction of sp³-hybridized carbons (Fsp3) is 0.438. The highest BCUT2D eigenvalue weighted by Crippen LogP contribution is 2.16. The van der Waals surface area contributed by atoms with Crippen LogP contribution in [-0.2, 0) is 9.59 Å². The first-order chi connectivity index (χ1) is 11.5. The van der Waals surface area contributed by atoms with Crippen molar-refractivity contribution in [2.45, 2.75) is 19.3 Å². The van der Waals surface area contributed by atoms with Gasteiger partial charge in [0, 0.05) is 43.3 Å². The minimum atomic E-state index is -0.985. The number of halogens is 1. The smallest absolute Gasteiger partial charge is 0.321 e. The third-order valence-corrected chi connectivity index (χ3v) is 4.00. The van der Waals surface area contributed by atoms with Crippen LogP contribution in [0.5, 0.6) is 0 Å². The summed E-state index contributed by atoms with van der Waals surface area (Å²) in [5.41, 5.74) is 0.617. The Balaban J connectivity index is 1.86. The molecule has 0 spiro atoms. The minimum Gasteiger partial charge on any atom is -0.481 e. The molecule has 0 aliphatic carbocycles. The first-order valence-corrected chi connectivity index (χ1v) is 8.14. The van der Waals surface area contributed by atoms with Gasteiger partial charge in [-0.15, -0.1) is 0 Å². The lowest BCUT2D eigenvalue weighted by molar-refractivity contribution is -0.140. The van der Waals surface area contributed by atoms with E-state index < -0.39 is 5.97 Å². The molecule has 24 heavy (non-hydrogen) atoms. The Morgan fingerprint density at radius 2 is 1.79 bits per heavy atom. The zero-order chi connectivity index (χ0) is 17.5. The van der Waals surface area contributed by atoms with Crippen LogP contribution < -0.4 is 5.32 Å². The second-order valence-corrected chi connectivity index (χ2v) is 5.99. The number of benzene rings is 1. The summed E-state index contributed by atoms with van der Waals surface area (Å²) in [6.45, 7) is 1.88. The number of carbonyl (C=O) groups is 3. The normalized spacial score (nSPS) is 14.9. The number of rotatable bonds is 4. The maximum absolute atomic E-state index is 12.3. The molecule has 1 heterocycles. The summed E-state index contributed by atoms with van der Waals surface area (Å²) < 4.78 is 0. The zero-order valence-electron chi connectivity index (χ0n) is 13.2. The Kier molecular flexibility index (Phi) is 6.43. The number of carboxylic acids is 1.